The Kier molecular flexibility index (Phi) is 6.56. The molecular weight excluding hydrogens is 400 g/mol. The van der Waals surface area contributed by atoms with Crippen molar-refractivity contribution in [3.8, 4) is 0 Å². The third-order valence-corrected chi connectivity index (χ3v) is 5.70. The molecule has 0 saturated heterocycles. The molecule has 0 aliphatic carbocycles. The summed E-state index contributed by atoms with van der Waals surface area (Å²) in [6, 6.07) is 12.9. The first kappa shape index (κ1) is 21.6. The lowest BCUT2D eigenvalue weighted by atomic mass is 10.1. The van der Waals surface area contributed by atoms with Gasteiger partial charge < -0.3 is 10.2 Å². The van der Waals surface area contributed by atoms with Crippen LogP contribution >= 0.6 is 11.8 Å². The van der Waals surface area contributed by atoms with Gasteiger partial charge >= 0.3 is 0 Å². The van der Waals surface area contributed by atoms with Crippen LogP contribution in [0.5, 0.6) is 0 Å². The van der Waals surface area contributed by atoms with Gasteiger partial charge in [-0.05, 0) is 54.9 Å². The average molecular weight is 425 g/mol. The van der Waals surface area contributed by atoms with E-state index in [2.05, 4.69) is 10.4 Å². The number of hydrogen-bond donors (Lipinski definition) is 1. The van der Waals surface area contributed by atoms with Crippen LogP contribution in [0.1, 0.15) is 24.0 Å². The van der Waals surface area contributed by atoms with E-state index >= 15 is 0 Å². The van der Waals surface area contributed by atoms with Gasteiger partial charge in [-0.3, -0.25) is 14.4 Å². The van der Waals surface area contributed by atoms with Crippen LogP contribution in [0.25, 0.3) is 0 Å². The van der Waals surface area contributed by atoms with E-state index in [4.69, 9.17) is 0 Å². The lowest BCUT2D eigenvalue weighted by molar-refractivity contribution is -0.118. The van der Waals surface area contributed by atoms with Gasteiger partial charge in [0.05, 0.1) is 11.4 Å². The van der Waals surface area contributed by atoms with Gasteiger partial charge in [-0.2, -0.15) is 5.10 Å². The van der Waals surface area contributed by atoms with Crippen molar-refractivity contribution in [2.24, 2.45) is 5.10 Å². The molecule has 0 spiro atoms. The number of anilines is 2. The predicted molar refractivity (Wildman–Crippen MR) is 120 cm³/mol. The van der Waals surface area contributed by atoms with Crippen LogP contribution < -0.4 is 10.3 Å². The fraction of sp³-hybridized carbons (Fsp3) is 0.273. The second-order valence-corrected chi connectivity index (χ2v) is 8.25. The van der Waals surface area contributed by atoms with E-state index in [0.717, 1.165) is 22.9 Å². The van der Waals surface area contributed by atoms with Crippen molar-refractivity contribution in [1.82, 2.24) is 4.90 Å². The standard InChI is InChI=1S/C22H24N4O3S/c1-14-9-10-15(2)18(13-14)26-20(27)12-11-17(24-26)21(28)23-16-7-5-6-8-19(16)30-22(29)25(3)4/h5-10,13H,11-12H2,1-4H3,(H,23,28). The molecule has 0 aromatic heterocycles. The molecule has 2 aromatic carbocycles. The minimum atomic E-state index is -0.386. The Bertz CT molecular complexity index is 1030. The summed E-state index contributed by atoms with van der Waals surface area (Å²) < 4.78 is 0. The SMILES string of the molecule is Cc1ccc(C)c(N2N=C(C(=O)Nc3ccccc3SC(=O)N(C)C)CCC2=O)c1. The number of para-hydroxylation sites is 1. The van der Waals surface area contributed by atoms with E-state index < -0.39 is 0 Å². The Morgan fingerprint density at radius 2 is 1.83 bits per heavy atom. The molecule has 0 unspecified atom stereocenters. The summed E-state index contributed by atoms with van der Waals surface area (Å²) >= 11 is 1.04. The molecule has 3 amide bonds. The molecule has 1 aliphatic rings. The zero-order valence-corrected chi connectivity index (χ0v) is 18.2. The van der Waals surface area contributed by atoms with E-state index in [1.165, 1.54) is 9.91 Å². The maximum Gasteiger partial charge on any atom is 0.286 e. The first-order valence-electron chi connectivity index (χ1n) is 9.53. The van der Waals surface area contributed by atoms with Gasteiger partial charge in [-0.15, -0.1) is 0 Å². The number of carbonyl (C=O) groups is 3. The molecule has 156 valence electrons. The molecule has 1 heterocycles. The van der Waals surface area contributed by atoms with E-state index in [1.54, 1.807) is 38.4 Å². The van der Waals surface area contributed by atoms with Crippen LogP contribution in [0.4, 0.5) is 16.2 Å². The summed E-state index contributed by atoms with van der Waals surface area (Å²) in [4.78, 5) is 39.5. The molecule has 0 fully saturated rings. The number of benzene rings is 2. The third-order valence-electron chi connectivity index (χ3n) is 4.59. The fourth-order valence-electron chi connectivity index (χ4n) is 2.89. The molecule has 2 aromatic rings. The number of hydrazone groups is 1. The summed E-state index contributed by atoms with van der Waals surface area (Å²) in [5.74, 6) is -0.532. The van der Waals surface area contributed by atoms with Gasteiger partial charge in [0.15, 0.2) is 0 Å². The lowest BCUT2D eigenvalue weighted by Gasteiger charge is -2.25. The van der Waals surface area contributed by atoms with Gasteiger partial charge in [0.2, 0.25) is 5.91 Å². The van der Waals surface area contributed by atoms with E-state index in [-0.39, 0.29) is 35.6 Å². The predicted octanol–water partition coefficient (Wildman–Crippen LogP) is 4.20. The average Bonchev–Trinajstić information content (AvgIpc) is 2.71. The Hall–Kier alpha value is -3.13. The topological polar surface area (TPSA) is 82.1 Å². The third kappa shape index (κ3) is 4.88. The van der Waals surface area contributed by atoms with Crippen molar-refractivity contribution in [3.63, 3.8) is 0 Å². The van der Waals surface area contributed by atoms with Crippen molar-refractivity contribution in [1.29, 1.82) is 0 Å². The van der Waals surface area contributed by atoms with Gasteiger partial charge in [0, 0.05) is 31.8 Å². The Morgan fingerprint density at radius 3 is 2.57 bits per heavy atom. The summed E-state index contributed by atoms with van der Waals surface area (Å²) in [6.07, 6.45) is 0.465. The normalized spacial score (nSPS) is 13.7. The van der Waals surface area contributed by atoms with Crippen LogP contribution in [-0.4, -0.2) is 41.8 Å². The second-order valence-electron chi connectivity index (χ2n) is 7.25. The number of rotatable bonds is 4. The molecule has 0 bridgehead atoms. The quantitative estimate of drug-likeness (QED) is 0.746. The number of thioether (sulfide) groups is 1. The minimum Gasteiger partial charge on any atom is -0.339 e. The molecule has 8 heteroatoms. The van der Waals surface area contributed by atoms with Gasteiger partial charge in [-0.1, -0.05) is 24.3 Å². The Labute approximate surface area is 180 Å². The van der Waals surface area contributed by atoms with Crippen LogP contribution in [0.2, 0.25) is 0 Å². The van der Waals surface area contributed by atoms with Gasteiger partial charge in [0.25, 0.3) is 11.1 Å². The Morgan fingerprint density at radius 1 is 1.10 bits per heavy atom. The smallest absolute Gasteiger partial charge is 0.286 e. The monoisotopic (exact) mass is 424 g/mol. The first-order valence-corrected chi connectivity index (χ1v) is 10.3. The molecule has 30 heavy (non-hydrogen) atoms. The first-order chi connectivity index (χ1) is 14.3. The summed E-state index contributed by atoms with van der Waals surface area (Å²) in [7, 11) is 3.35. The zero-order valence-electron chi connectivity index (χ0n) is 17.4. The van der Waals surface area contributed by atoms with E-state index in [9.17, 15) is 14.4 Å². The van der Waals surface area contributed by atoms with Crippen LogP contribution in [-0.2, 0) is 9.59 Å². The molecule has 0 saturated carbocycles. The summed E-state index contributed by atoms with van der Waals surface area (Å²) in [5.41, 5.74) is 3.39. The molecule has 7 nitrogen and oxygen atoms in total. The lowest BCUT2D eigenvalue weighted by Crippen LogP contribution is -2.36. The molecule has 0 radical (unpaired) electrons. The summed E-state index contributed by atoms with van der Waals surface area (Å²) in [5, 5.41) is 8.37. The second kappa shape index (κ2) is 9.13. The van der Waals surface area contributed by atoms with E-state index in [0.29, 0.717) is 16.3 Å². The number of hydrogen-bond acceptors (Lipinski definition) is 5. The number of nitrogens with one attached hydrogen (secondary N) is 1. The number of nitrogens with zero attached hydrogens (tertiary/aromatic N) is 3. The fourth-order valence-corrected chi connectivity index (χ4v) is 3.64. The number of carbonyl (C=O) groups excluding carboxylic acids is 3. The van der Waals surface area contributed by atoms with Crippen molar-refractivity contribution in [3.05, 3.63) is 53.6 Å². The van der Waals surface area contributed by atoms with Crippen molar-refractivity contribution < 1.29 is 14.4 Å². The maximum absolute atomic E-state index is 12.9. The number of aryl methyl sites for hydroxylation is 2. The molecular formula is C22H24N4O3S. The largest absolute Gasteiger partial charge is 0.339 e. The maximum atomic E-state index is 12.9. The molecule has 0 atom stereocenters. The van der Waals surface area contributed by atoms with Gasteiger partial charge in [-0.25, -0.2) is 5.01 Å². The zero-order chi connectivity index (χ0) is 21.8. The molecule has 3 rings (SSSR count). The summed E-state index contributed by atoms with van der Waals surface area (Å²) in [6.45, 7) is 3.85. The van der Waals surface area contributed by atoms with E-state index in [1.807, 2.05) is 32.0 Å². The van der Waals surface area contributed by atoms with Crippen molar-refractivity contribution in [2.45, 2.75) is 31.6 Å². The molecule has 1 aliphatic heterocycles. The van der Waals surface area contributed by atoms with Crippen LogP contribution in [0.3, 0.4) is 0 Å². The minimum absolute atomic E-state index is 0.140. The van der Waals surface area contributed by atoms with Crippen molar-refractivity contribution >= 4 is 45.9 Å². The highest BCUT2D eigenvalue weighted by Crippen LogP contribution is 2.29. The highest BCUT2D eigenvalue weighted by atomic mass is 32.2. The highest BCUT2D eigenvalue weighted by molar-refractivity contribution is 8.13. The van der Waals surface area contributed by atoms with Crippen LogP contribution in [0.15, 0.2) is 52.5 Å². The Balaban J connectivity index is 1.85. The molecule has 1 N–H and O–H groups in total. The van der Waals surface area contributed by atoms with Crippen molar-refractivity contribution in [2.75, 3.05) is 24.4 Å². The van der Waals surface area contributed by atoms with Crippen LogP contribution in [0, 0.1) is 13.8 Å². The van der Waals surface area contributed by atoms with Gasteiger partial charge in [0.1, 0.15) is 5.71 Å². The highest BCUT2D eigenvalue weighted by Gasteiger charge is 2.27. The number of amides is 3.